The van der Waals surface area contributed by atoms with Crippen LogP contribution in [-0.4, -0.2) is 25.4 Å². The zero-order valence-electron chi connectivity index (χ0n) is 4.85. The molecule has 0 aliphatic carbocycles. The molecule has 2 nitrogen and oxygen atoms in total. The molecule has 0 aromatic carbocycles. The minimum Gasteiger partial charge on any atom is -0.351 e. The largest absolute Gasteiger partial charge is 0.351 e. The number of carbonyl (C=O) groups is 1. The Labute approximate surface area is 69.2 Å². The zero-order chi connectivity index (χ0) is 4.28. The molecule has 0 unspecified atom stereocenters. The predicted octanol–water partition coefficient (Wildman–Crippen LogP) is -0.301. The molecule has 7 heavy (non-hydrogen) atoms. The van der Waals surface area contributed by atoms with Crippen molar-refractivity contribution in [3.63, 3.8) is 0 Å². The normalized spacial score (nSPS) is 4.86. The molecule has 0 rings (SSSR count). The van der Waals surface area contributed by atoms with Crippen molar-refractivity contribution in [3.05, 3.63) is 0 Å². The number of carbonyl (C=O) groups excluding carboxylic acids is 1. The molecule has 4 heteroatoms. The van der Waals surface area contributed by atoms with Crippen LogP contribution < -0.4 is 0 Å². The molecule has 0 N–H and O–H groups in total. The molecule has 0 aliphatic rings. The molecule has 0 heterocycles. The molecule has 0 aromatic rings. The van der Waals surface area contributed by atoms with Crippen molar-refractivity contribution < 1.29 is 43.8 Å². The van der Waals surface area contributed by atoms with Crippen molar-refractivity contribution in [2.75, 3.05) is 14.1 Å². The van der Waals surface area contributed by atoms with E-state index in [0.717, 1.165) is 6.41 Å². The van der Waals surface area contributed by atoms with E-state index in [2.05, 4.69) is 0 Å². The summed E-state index contributed by atoms with van der Waals surface area (Å²) in [5, 5.41) is 0. The molecule has 1 amide bonds. The van der Waals surface area contributed by atoms with Crippen LogP contribution in [0.1, 0.15) is 0 Å². The second-order valence-electron chi connectivity index (χ2n) is 1.07. The zero-order valence-corrected chi connectivity index (χ0v) is 10.8. The smallest absolute Gasteiger partial charge is 0.209 e. The van der Waals surface area contributed by atoms with E-state index in [1.165, 1.54) is 4.90 Å². The number of rotatable bonds is 1. The molecule has 0 fully saturated rings. The van der Waals surface area contributed by atoms with Crippen LogP contribution in [0.4, 0.5) is 0 Å². The Balaban J connectivity index is -0.0000000800. The Hall–Kier alpha value is 0.717. The molecule has 0 radical (unpaired) electrons. The molecular formula is C3H7NOZn2. The molecule has 0 bridgehead atoms. The maximum absolute atomic E-state index is 9.43. The molecule has 0 atom stereocenters. The Morgan fingerprint density at radius 2 is 1.43 bits per heavy atom. The summed E-state index contributed by atoms with van der Waals surface area (Å²) in [6.45, 7) is 0. The number of nitrogens with zero attached hydrogens (tertiary/aromatic N) is 1. The summed E-state index contributed by atoms with van der Waals surface area (Å²) < 4.78 is 0. The Morgan fingerprint density at radius 1 is 1.29 bits per heavy atom. The van der Waals surface area contributed by atoms with Gasteiger partial charge in [-0.15, -0.1) is 0 Å². The molecule has 34 valence electrons. The van der Waals surface area contributed by atoms with E-state index < -0.39 is 0 Å². The SMILES string of the molecule is CN(C)C=O.[Zn].[Zn]. The fraction of sp³-hybridized carbons (Fsp3) is 0.667. The van der Waals surface area contributed by atoms with E-state index in [0.29, 0.717) is 0 Å². The number of hydrogen-bond donors (Lipinski definition) is 0. The topological polar surface area (TPSA) is 20.3 Å². The molecule has 0 aromatic heterocycles. The first-order chi connectivity index (χ1) is 2.27. The van der Waals surface area contributed by atoms with Gasteiger partial charge in [0.05, 0.1) is 0 Å². The monoisotopic (exact) mass is 201 g/mol. The average Bonchev–Trinajstić information content (AvgIpc) is 1.38. The van der Waals surface area contributed by atoms with Crippen molar-refractivity contribution in [2.45, 2.75) is 0 Å². The molecular weight excluding hydrogens is 197 g/mol. The van der Waals surface area contributed by atoms with E-state index >= 15 is 0 Å². The van der Waals surface area contributed by atoms with Crippen LogP contribution in [0.3, 0.4) is 0 Å². The van der Waals surface area contributed by atoms with Gasteiger partial charge in [-0.1, -0.05) is 0 Å². The van der Waals surface area contributed by atoms with Gasteiger partial charge in [0.15, 0.2) is 0 Å². The van der Waals surface area contributed by atoms with Crippen molar-refractivity contribution >= 4 is 6.41 Å². The summed E-state index contributed by atoms with van der Waals surface area (Å²) in [7, 11) is 3.38. The predicted molar refractivity (Wildman–Crippen MR) is 19.8 cm³/mol. The van der Waals surface area contributed by atoms with Crippen LogP contribution in [0, 0.1) is 0 Å². The van der Waals surface area contributed by atoms with E-state index in [9.17, 15) is 4.79 Å². The van der Waals surface area contributed by atoms with Gasteiger partial charge >= 0.3 is 0 Å². The van der Waals surface area contributed by atoms with Gasteiger partial charge in [-0.25, -0.2) is 0 Å². The third-order valence-corrected chi connectivity index (χ3v) is 0.211. The molecule has 0 saturated carbocycles. The molecule has 0 saturated heterocycles. The van der Waals surface area contributed by atoms with E-state index in [1.807, 2.05) is 0 Å². The van der Waals surface area contributed by atoms with Crippen LogP contribution in [0.15, 0.2) is 0 Å². The summed E-state index contributed by atoms with van der Waals surface area (Å²) >= 11 is 0. The molecule has 0 spiro atoms. The Bertz CT molecular complexity index is 39.9. The van der Waals surface area contributed by atoms with Gasteiger partial charge in [-0.05, 0) is 0 Å². The van der Waals surface area contributed by atoms with E-state index in [1.54, 1.807) is 14.1 Å². The van der Waals surface area contributed by atoms with Crippen molar-refractivity contribution in [3.8, 4) is 0 Å². The third kappa shape index (κ3) is 20.2. The summed E-state index contributed by atoms with van der Waals surface area (Å²) in [5.74, 6) is 0. The van der Waals surface area contributed by atoms with Gasteiger partial charge in [0.25, 0.3) is 0 Å². The second-order valence-corrected chi connectivity index (χ2v) is 1.07. The maximum atomic E-state index is 9.43. The first-order valence-electron chi connectivity index (χ1n) is 1.39. The summed E-state index contributed by atoms with van der Waals surface area (Å²) in [4.78, 5) is 10.9. The third-order valence-electron chi connectivity index (χ3n) is 0.211. The summed E-state index contributed by atoms with van der Waals surface area (Å²) in [6.07, 6.45) is 0.750. The first-order valence-corrected chi connectivity index (χ1v) is 1.39. The standard InChI is InChI=1S/C3H7NO.2Zn/c1-4(2)3-5;;/h3H,1-2H3;;. The van der Waals surface area contributed by atoms with Crippen molar-refractivity contribution in [1.82, 2.24) is 4.90 Å². The summed E-state index contributed by atoms with van der Waals surface area (Å²) in [6, 6.07) is 0. The van der Waals surface area contributed by atoms with Gasteiger partial charge in [0.2, 0.25) is 6.41 Å². The van der Waals surface area contributed by atoms with Gasteiger partial charge < -0.3 is 4.90 Å². The number of amides is 1. The van der Waals surface area contributed by atoms with Gasteiger partial charge in [-0.3, -0.25) is 4.79 Å². The van der Waals surface area contributed by atoms with Gasteiger partial charge in [-0.2, -0.15) is 0 Å². The molecule has 0 aliphatic heterocycles. The van der Waals surface area contributed by atoms with Gasteiger partial charge in [0, 0.05) is 53.1 Å². The van der Waals surface area contributed by atoms with Crippen LogP contribution in [0.2, 0.25) is 0 Å². The number of hydrogen-bond acceptors (Lipinski definition) is 1. The minimum atomic E-state index is 0. The average molecular weight is 204 g/mol. The van der Waals surface area contributed by atoms with Crippen LogP contribution in [0.25, 0.3) is 0 Å². The summed E-state index contributed by atoms with van der Waals surface area (Å²) in [5.41, 5.74) is 0. The van der Waals surface area contributed by atoms with Crippen molar-refractivity contribution in [1.29, 1.82) is 0 Å². The van der Waals surface area contributed by atoms with E-state index in [-0.39, 0.29) is 39.0 Å². The van der Waals surface area contributed by atoms with E-state index in [4.69, 9.17) is 0 Å². The maximum Gasteiger partial charge on any atom is 0.209 e. The first kappa shape index (κ1) is 15.6. The Morgan fingerprint density at radius 3 is 1.43 bits per heavy atom. The van der Waals surface area contributed by atoms with Gasteiger partial charge in [0.1, 0.15) is 0 Å². The van der Waals surface area contributed by atoms with Crippen LogP contribution in [0.5, 0.6) is 0 Å². The fourth-order valence-corrected chi connectivity index (χ4v) is 0. The Kier molecular flexibility index (Phi) is 22.1. The fourth-order valence-electron chi connectivity index (χ4n) is 0. The second kappa shape index (κ2) is 9.87. The quantitative estimate of drug-likeness (QED) is 0.424. The minimum absolute atomic E-state index is 0. The van der Waals surface area contributed by atoms with Crippen LogP contribution >= 0.6 is 0 Å². The van der Waals surface area contributed by atoms with Crippen LogP contribution in [-0.2, 0) is 43.8 Å². The van der Waals surface area contributed by atoms with Crippen molar-refractivity contribution in [2.24, 2.45) is 0 Å².